The van der Waals surface area contributed by atoms with Gasteiger partial charge in [-0.15, -0.1) is 11.3 Å². The number of benzene rings is 9. The maximum Gasteiger partial charge on any atom is 0.0562 e. The molecule has 0 fully saturated rings. The number of aromatic nitrogens is 1. The maximum absolute atomic E-state index is 2.46. The number of hydrogen-bond donors (Lipinski definition) is 0. The lowest BCUT2D eigenvalue weighted by atomic mass is 9.97. The molecule has 11 rings (SSSR count). The predicted molar refractivity (Wildman–Crippen MR) is 237 cm³/mol. The van der Waals surface area contributed by atoms with E-state index in [0.717, 1.165) is 22.7 Å². The third-order valence-electron chi connectivity index (χ3n) is 11.0. The van der Waals surface area contributed by atoms with E-state index in [9.17, 15) is 0 Å². The summed E-state index contributed by atoms with van der Waals surface area (Å²) in [5.74, 6) is 0. The van der Waals surface area contributed by atoms with Gasteiger partial charge in [0.25, 0.3) is 0 Å². The molecule has 2 aromatic heterocycles. The van der Waals surface area contributed by atoms with Gasteiger partial charge in [-0.1, -0.05) is 140 Å². The number of nitrogens with zero attached hydrogens (tertiary/aromatic N) is 2. The second-order valence-corrected chi connectivity index (χ2v) is 15.2. The van der Waals surface area contributed by atoms with Crippen LogP contribution in [0.15, 0.2) is 206 Å². The quantitative estimate of drug-likeness (QED) is 0.166. The molecule has 258 valence electrons. The van der Waals surface area contributed by atoms with Crippen molar-refractivity contribution in [3.05, 3.63) is 206 Å². The van der Waals surface area contributed by atoms with Gasteiger partial charge in [0.1, 0.15) is 0 Å². The first-order valence-electron chi connectivity index (χ1n) is 18.8. The first kappa shape index (κ1) is 31.6. The first-order chi connectivity index (χ1) is 27.3. The van der Waals surface area contributed by atoms with Gasteiger partial charge >= 0.3 is 0 Å². The highest BCUT2D eigenvalue weighted by molar-refractivity contribution is 7.26. The Bertz CT molecular complexity index is 3190. The molecule has 3 heteroatoms. The first-order valence-corrected chi connectivity index (χ1v) is 19.6. The summed E-state index contributed by atoms with van der Waals surface area (Å²) in [7, 11) is 0. The average Bonchev–Trinajstić information content (AvgIpc) is 3.81. The summed E-state index contributed by atoms with van der Waals surface area (Å²) < 4.78 is 5.06. The van der Waals surface area contributed by atoms with Crippen molar-refractivity contribution in [1.29, 1.82) is 0 Å². The third-order valence-corrected chi connectivity index (χ3v) is 12.1. The Morgan fingerprint density at radius 1 is 0.382 bits per heavy atom. The lowest BCUT2D eigenvalue weighted by molar-refractivity contribution is 1.18. The molecule has 0 unspecified atom stereocenters. The average molecular weight is 719 g/mol. The van der Waals surface area contributed by atoms with Crippen LogP contribution in [0.25, 0.3) is 80.7 Å². The lowest BCUT2D eigenvalue weighted by Crippen LogP contribution is -2.11. The Kier molecular flexibility index (Phi) is 7.39. The van der Waals surface area contributed by atoms with E-state index < -0.39 is 0 Å². The number of anilines is 3. The normalized spacial score (nSPS) is 11.6. The van der Waals surface area contributed by atoms with Crippen molar-refractivity contribution >= 4 is 81.1 Å². The van der Waals surface area contributed by atoms with E-state index in [-0.39, 0.29) is 0 Å². The Hall–Kier alpha value is -6.94. The van der Waals surface area contributed by atoms with Crippen molar-refractivity contribution < 1.29 is 0 Å². The number of para-hydroxylation sites is 3. The Labute approximate surface area is 323 Å². The molecule has 9 aromatic carbocycles. The van der Waals surface area contributed by atoms with Gasteiger partial charge in [-0.3, -0.25) is 0 Å². The molecule has 0 aliphatic heterocycles. The largest absolute Gasteiger partial charge is 0.309 e. The van der Waals surface area contributed by atoms with Crippen molar-refractivity contribution in [3.63, 3.8) is 0 Å². The van der Waals surface area contributed by atoms with Gasteiger partial charge in [0.05, 0.1) is 22.4 Å². The lowest BCUT2D eigenvalue weighted by Gasteiger charge is -2.29. The molecule has 0 amide bonds. The topological polar surface area (TPSA) is 8.17 Å². The van der Waals surface area contributed by atoms with Crippen molar-refractivity contribution in [1.82, 2.24) is 4.57 Å². The third kappa shape index (κ3) is 5.16. The molecule has 2 nitrogen and oxygen atoms in total. The van der Waals surface area contributed by atoms with E-state index in [0.29, 0.717) is 0 Å². The second kappa shape index (κ2) is 12.9. The second-order valence-electron chi connectivity index (χ2n) is 14.1. The van der Waals surface area contributed by atoms with E-state index in [2.05, 4.69) is 216 Å². The standard InChI is InChI=1S/C52H34N2S/c1-3-14-36(15-4-1)41-18-7-10-21-45(41)54(48-24-13-23-47-52(48)42-19-8-11-22-46(42)53(47)39-16-5-2-6-17-39)40-31-28-35(29-32-40)38-27-26-37-30-33-50-51(44(37)34-38)43-20-9-12-25-49(43)55-50/h1-34H. The molecule has 0 saturated heterocycles. The number of hydrogen-bond acceptors (Lipinski definition) is 2. The molecule has 0 radical (unpaired) electrons. The van der Waals surface area contributed by atoms with Crippen LogP contribution in [-0.4, -0.2) is 4.57 Å². The summed E-state index contributed by atoms with van der Waals surface area (Å²) in [6, 6.07) is 75.1. The van der Waals surface area contributed by atoms with Gasteiger partial charge in [0.2, 0.25) is 0 Å². The Morgan fingerprint density at radius 3 is 1.89 bits per heavy atom. The van der Waals surface area contributed by atoms with Crippen LogP contribution >= 0.6 is 11.3 Å². The molecular formula is C52H34N2S. The minimum atomic E-state index is 1.10. The van der Waals surface area contributed by atoms with Crippen LogP contribution in [-0.2, 0) is 0 Å². The zero-order chi connectivity index (χ0) is 36.3. The van der Waals surface area contributed by atoms with Gasteiger partial charge in [0.15, 0.2) is 0 Å². The van der Waals surface area contributed by atoms with Crippen molar-refractivity contribution in [2.24, 2.45) is 0 Å². The van der Waals surface area contributed by atoms with Gasteiger partial charge in [0, 0.05) is 47.9 Å². The highest BCUT2D eigenvalue weighted by atomic mass is 32.1. The van der Waals surface area contributed by atoms with Crippen LogP contribution < -0.4 is 4.90 Å². The summed E-state index contributed by atoms with van der Waals surface area (Å²) in [5, 5.41) is 7.69. The highest BCUT2D eigenvalue weighted by Crippen LogP contribution is 2.47. The van der Waals surface area contributed by atoms with E-state index in [1.807, 2.05) is 11.3 Å². The van der Waals surface area contributed by atoms with E-state index in [1.54, 1.807) is 0 Å². The van der Waals surface area contributed by atoms with Crippen molar-refractivity contribution in [2.75, 3.05) is 4.90 Å². The molecule has 0 saturated carbocycles. The van der Waals surface area contributed by atoms with Crippen LogP contribution in [0.5, 0.6) is 0 Å². The summed E-state index contributed by atoms with van der Waals surface area (Å²) >= 11 is 1.87. The fourth-order valence-electron chi connectivity index (χ4n) is 8.51. The Morgan fingerprint density at radius 2 is 1.04 bits per heavy atom. The molecule has 55 heavy (non-hydrogen) atoms. The molecule has 0 aliphatic carbocycles. The van der Waals surface area contributed by atoms with Crippen LogP contribution in [0.1, 0.15) is 0 Å². The van der Waals surface area contributed by atoms with Crippen LogP contribution in [0.3, 0.4) is 0 Å². The van der Waals surface area contributed by atoms with Gasteiger partial charge < -0.3 is 9.47 Å². The van der Waals surface area contributed by atoms with Gasteiger partial charge in [-0.05, 0) is 94.2 Å². The molecule has 0 bridgehead atoms. The molecule has 11 aromatic rings. The number of rotatable bonds is 6. The summed E-state index contributed by atoms with van der Waals surface area (Å²) in [6.45, 7) is 0. The van der Waals surface area contributed by atoms with Crippen LogP contribution in [0.4, 0.5) is 17.1 Å². The Balaban J connectivity index is 1.12. The van der Waals surface area contributed by atoms with Gasteiger partial charge in [-0.25, -0.2) is 0 Å². The molecule has 0 N–H and O–H groups in total. The molecule has 0 aliphatic rings. The predicted octanol–water partition coefficient (Wildman–Crippen LogP) is 15.1. The molecule has 2 heterocycles. The minimum Gasteiger partial charge on any atom is -0.309 e. The fourth-order valence-corrected chi connectivity index (χ4v) is 9.63. The fraction of sp³-hybridized carbons (Fsp3) is 0. The highest BCUT2D eigenvalue weighted by Gasteiger charge is 2.23. The van der Waals surface area contributed by atoms with Gasteiger partial charge in [-0.2, -0.15) is 0 Å². The van der Waals surface area contributed by atoms with Crippen LogP contribution in [0.2, 0.25) is 0 Å². The van der Waals surface area contributed by atoms with Crippen molar-refractivity contribution in [3.8, 4) is 27.9 Å². The van der Waals surface area contributed by atoms with Crippen LogP contribution in [0, 0.1) is 0 Å². The zero-order valence-corrected chi connectivity index (χ0v) is 30.7. The molecule has 0 spiro atoms. The van der Waals surface area contributed by atoms with E-state index >= 15 is 0 Å². The smallest absolute Gasteiger partial charge is 0.0562 e. The zero-order valence-electron chi connectivity index (χ0n) is 29.9. The maximum atomic E-state index is 2.46. The number of thiophene rings is 1. The van der Waals surface area contributed by atoms with E-state index in [1.165, 1.54) is 75.0 Å². The number of fused-ring (bicyclic) bond motifs is 8. The SMILES string of the molecule is c1ccc(-c2ccccc2N(c2ccc(-c3ccc4ccc5sc6ccccc6c5c4c3)cc2)c2cccc3c2c2ccccc2n3-c2ccccc2)cc1. The minimum absolute atomic E-state index is 1.10. The monoisotopic (exact) mass is 718 g/mol. The molecular weight excluding hydrogens is 685 g/mol. The molecule has 0 atom stereocenters. The van der Waals surface area contributed by atoms with Crippen molar-refractivity contribution in [2.45, 2.75) is 0 Å². The van der Waals surface area contributed by atoms with E-state index in [4.69, 9.17) is 0 Å². The summed E-state index contributed by atoms with van der Waals surface area (Å²) in [4.78, 5) is 2.46. The summed E-state index contributed by atoms with van der Waals surface area (Å²) in [6.07, 6.45) is 0. The summed E-state index contributed by atoms with van der Waals surface area (Å²) in [5.41, 5.74) is 11.6.